The third-order valence-electron chi connectivity index (χ3n) is 3.42. The maximum absolute atomic E-state index is 12.2. The zero-order valence-corrected chi connectivity index (χ0v) is 13.1. The van der Waals surface area contributed by atoms with Gasteiger partial charge in [0.2, 0.25) is 5.91 Å². The Hall–Kier alpha value is -2.57. The highest BCUT2D eigenvalue weighted by atomic mass is 16.5. The summed E-state index contributed by atoms with van der Waals surface area (Å²) in [4.78, 5) is 36.5. The molecule has 0 radical (unpaired) electrons. The number of para-hydroxylation sites is 2. The standard InChI is InChI=1S/C16H20N2O5/c1-10(2)7-11(16(21)22)17-14(19)8-18-9-15(20)23-13-6-4-3-5-12(13)18/h3-6,10-11H,7-9H2,1-2H3,(H,17,19)(H,21,22). The van der Waals surface area contributed by atoms with Crippen LogP contribution < -0.4 is 15.0 Å². The van der Waals surface area contributed by atoms with E-state index in [9.17, 15) is 19.5 Å². The number of fused-ring (bicyclic) bond motifs is 1. The van der Waals surface area contributed by atoms with E-state index in [0.29, 0.717) is 17.9 Å². The summed E-state index contributed by atoms with van der Waals surface area (Å²) in [6, 6.07) is 5.98. The maximum Gasteiger partial charge on any atom is 0.331 e. The summed E-state index contributed by atoms with van der Waals surface area (Å²) >= 11 is 0. The second kappa shape index (κ2) is 7.13. The van der Waals surface area contributed by atoms with Crippen molar-refractivity contribution in [2.24, 2.45) is 5.92 Å². The van der Waals surface area contributed by atoms with Gasteiger partial charge in [0.05, 0.1) is 12.2 Å². The van der Waals surface area contributed by atoms with Gasteiger partial charge in [0.25, 0.3) is 0 Å². The predicted octanol–water partition coefficient (Wildman–Crippen LogP) is 1.03. The fraction of sp³-hybridized carbons (Fsp3) is 0.438. The first-order chi connectivity index (χ1) is 10.9. The lowest BCUT2D eigenvalue weighted by atomic mass is 10.0. The lowest BCUT2D eigenvalue weighted by molar-refractivity contribution is -0.142. The van der Waals surface area contributed by atoms with Gasteiger partial charge in [-0.1, -0.05) is 26.0 Å². The molecule has 1 aliphatic rings. The van der Waals surface area contributed by atoms with E-state index in [2.05, 4.69) is 5.32 Å². The number of esters is 1. The summed E-state index contributed by atoms with van der Waals surface area (Å²) in [6.45, 7) is 3.62. The molecule has 23 heavy (non-hydrogen) atoms. The van der Waals surface area contributed by atoms with E-state index in [1.54, 1.807) is 29.2 Å². The molecule has 0 fully saturated rings. The minimum Gasteiger partial charge on any atom is -0.480 e. The zero-order valence-electron chi connectivity index (χ0n) is 13.1. The molecule has 7 heteroatoms. The minimum atomic E-state index is -1.06. The Kier molecular flexibility index (Phi) is 5.20. The molecule has 2 rings (SSSR count). The van der Waals surface area contributed by atoms with Crippen molar-refractivity contribution in [1.82, 2.24) is 5.32 Å². The van der Waals surface area contributed by atoms with Crippen LogP contribution in [0.2, 0.25) is 0 Å². The predicted molar refractivity (Wildman–Crippen MR) is 83.3 cm³/mol. The van der Waals surface area contributed by atoms with E-state index in [4.69, 9.17) is 4.74 Å². The van der Waals surface area contributed by atoms with Crippen LogP contribution in [-0.4, -0.2) is 42.1 Å². The van der Waals surface area contributed by atoms with E-state index in [0.717, 1.165) is 0 Å². The van der Waals surface area contributed by atoms with Crippen LogP contribution in [-0.2, 0) is 14.4 Å². The lowest BCUT2D eigenvalue weighted by Gasteiger charge is -2.29. The summed E-state index contributed by atoms with van der Waals surface area (Å²) < 4.78 is 5.11. The summed E-state index contributed by atoms with van der Waals surface area (Å²) in [5, 5.41) is 11.7. The molecule has 0 aliphatic carbocycles. The van der Waals surface area contributed by atoms with Crippen molar-refractivity contribution in [3.8, 4) is 5.75 Å². The Morgan fingerprint density at radius 2 is 2.04 bits per heavy atom. The third-order valence-corrected chi connectivity index (χ3v) is 3.42. The van der Waals surface area contributed by atoms with E-state index in [1.165, 1.54) is 0 Å². The minimum absolute atomic E-state index is 0.0493. The number of rotatable bonds is 6. The van der Waals surface area contributed by atoms with Crippen molar-refractivity contribution in [2.45, 2.75) is 26.3 Å². The Balaban J connectivity index is 2.05. The first-order valence-electron chi connectivity index (χ1n) is 7.43. The highest BCUT2D eigenvalue weighted by Gasteiger charge is 2.27. The number of ether oxygens (including phenoxy) is 1. The van der Waals surface area contributed by atoms with Gasteiger partial charge >= 0.3 is 11.9 Å². The van der Waals surface area contributed by atoms with Gasteiger partial charge in [-0.05, 0) is 24.5 Å². The second-order valence-corrected chi connectivity index (χ2v) is 5.89. The molecule has 1 amide bonds. The van der Waals surface area contributed by atoms with Crippen LogP contribution in [0.4, 0.5) is 5.69 Å². The van der Waals surface area contributed by atoms with Crippen LogP contribution in [0.25, 0.3) is 0 Å². The number of hydrogen-bond donors (Lipinski definition) is 2. The van der Waals surface area contributed by atoms with Gasteiger partial charge in [0, 0.05) is 0 Å². The third kappa shape index (κ3) is 4.45. The lowest BCUT2D eigenvalue weighted by Crippen LogP contribution is -2.48. The normalized spacial score (nSPS) is 14.9. The van der Waals surface area contributed by atoms with Gasteiger partial charge in [0.1, 0.15) is 12.6 Å². The van der Waals surface area contributed by atoms with Crippen LogP contribution >= 0.6 is 0 Å². The van der Waals surface area contributed by atoms with Crippen LogP contribution in [0.3, 0.4) is 0 Å². The Labute approximate surface area is 134 Å². The van der Waals surface area contributed by atoms with Gasteiger partial charge < -0.3 is 20.1 Å². The fourth-order valence-electron chi connectivity index (χ4n) is 2.45. The molecule has 0 saturated heterocycles. The number of hydrogen-bond acceptors (Lipinski definition) is 5. The largest absolute Gasteiger partial charge is 0.480 e. The van der Waals surface area contributed by atoms with Crippen LogP contribution in [0, 0.1) is 5.92 Å². The number of aliphatic carboxylic acids is 1. The Morgan fingerprint density at radius 3 is 2.70 bits per heavy atom. The number of benzene rings is 1. The topological polar surface area (TPSA) is 95.9 Å². The zero-order chi connectivity index (χ0) is 17.0. The van der Waals surface area contributed by atoms with E-state index in [-0.39, 0.29) is 19.0 Å². The quantitative estimate of drug-likeness (QED) is 0.600. The van der Waals surface area contributed by atoms with Gasteiger partial charge in [-0.2, -0.15) is 0 Å². The monoisotopic (exact) mass is 320 g/mol. The molecule has 7 nitrogen and oxygen atoms in total. The number of anilines is 1. The van der Waals surface area contributed by atoms with Crippen molar-refractivity contribution >= 4 is 23.5 Å². The summed E-state index contributed by atoms with van der Waals surface area (Å²) in [6.07, 6.45) is 0.347. The first kappa shape index (κ1) is 16.8. The molecule has 1 heterocycles. The molecule has 1 atom stereocenters. The van der Waals surface area contributed by atoms with Crippen molar-refractivity contribution in [3.05, 3.63) is 24.3 Å². The molecule has 2 N–H and O–H groups in total. The molecule has 1 aromatic rings. The molecule has 0 aromatic heterocycles. The molecule has 1 aliphatic heterocycles. The fourth-order valence-corrected chi connectivity index (χ4v) is 2.45. The van der Waals surface area contributed by atoms with Crippen molar-refractivity contribution in [3.63, 3.8) is 0 Å². The number of nitrogens with zero attached hydrogens (tertiary/aromatic N) is 1. The highest BCUT2D eigenvalue weighted by molar-refractivity contribution is 5.90. The highest BCUT2D eigenvalue weighted by Crippen LogP contribution is 2.30. The average Bonchev–Trinajstić information content (AvgIpc) is 2.45. The number of carboxylic acids is 1. The molecule has 0 bridgehead atoms. The Bertz CT molecular complexity index is 614. The number of carbonyl (C=O) groups is 3. The van der Waals surface area contributed by atoms with Gasteiger partial charge in [-0.25, -0.2) is 9.59 Å². The molecule has 0 spiro atoms. The summed E-state index contributed by atoms with van der Waals surface area (Å²) in [5.74, 6) is -1.42. The summed E-state index contributed by atoms with van der Waals surface area (Å²) in [7, 11) is 0. The van der Waals surface area contributed by atoms with Gasteiger partial charge in [-0.3, -0.25) is 4.79 Å². The maximum atomic E-state index is 12.2. The van der Waals surface area contributed by atoms with Crippen molar-refractivity contribution < 1.29 is 24.2 Å². The van der Waals surface area contributed by atoms with Crippen molar-refractivity contribution in [1.29, 1.82) is 0 Å². The van der Waals surface area contributed by atoms with E-state index >= 15 is 0 Å². The van der Waals surface area contributed by atoms with Gasteiger partial charge in [0.15, 0.2) is 5.75 Å². The van der Waals surface area contributed by atoms with E-state index < -0.39 is 23.9 Å². The average molecular weight is 320 g/mol. The molecular weight excluding hydrogens is 300 g/mol. The second-order valence-electron chi connectivity index (χ2n) is 5.89. The van der Waals surface area contributed by atoms with Crippen LogP contribution in [0.15, 0.2) is 24.3 Å². The molecular formula is C16H20N2O5. The smallest absolute Gasteiger partial charge is 0.331 e. The van der Waals surface area contributed by atoms with Gasteiger partial charge in [-0.15, -0.1) is 0 Å². The van der Waals surface area contributed by atoms with E-state index in [1.807, 2.05) is 13.8 Å². The summed E-state index contributed by atoms with van der Waals surface area (Å²) in [5.41, 5.74) is 0.637. The number of nitrogens with one attached hydrogen (secondary N) is 1. The van der Waals surface area contributed by atoms with Crippen molar-refractivity contribution in [2.75, 3.05) is 18.0 Å². The molecule has 1 unspecified atom stereocenters. The Morgan fingerprint density at radius 1 is 1.35 bits per heavy atom. The number of amides is 1. The van der Waals surface area contributed by atoms with Crippen LogP contribution in [0.5, 0.6) is 5.75 Å². The SMILES string of the molecule is CC(C)CC(NC(=O)CN1CC(=O)Oc2ccccc21)C(=O)O. The first-order valence-corrected chi connectivity index (χ1v) is 7.43. The molecule has 0 saturated carbocycles. The van der Waals surface area contributed by atoms with Crippen LogP contribution in [0.1, 0.15) is 20.3 Å². The number of carbonyl (C=O) groups excluding carboxylic acids is 2. The molecule has 1 aromatic carbocycles. The number of carboxylic acid groups (broad SMARTS) is 1. The molecule has 124 valence electrons.